The predicted molar refractivity (Wildman–Crippen MR) is 71.5 cm³/mol. The third kappa shape index (κ3) is 3.07. The van der Waals surface area contributed by atoms with Gasteiger partial charge in [0.25, 0.3) is 0 Å². The molecule has 0 saturated carbocycles. The van der Waals surface area contributed by atoms with E-state index in [2.05, 4.69) is 15.0 Å². The molecule has 4 nitrogen and oxygen atoms in total. The molecule has 1 aromatic heterocycles. The summed E-state index contributed by atoms with van der Waals surface area (Å²) >= 11 is 1.62. The van der Waals surface area contributed by atoms with Crippen molar-refractivity contribution in [3.8, 4) is 10.6 Å². The van der Waals surface area contributed by atoms with E-state index in [1.807, 2.05) is 36.6 Å². The van der Waals surface area contributed by atoms with Gasteiger partial charge in [-0.15, -0.1) is 11.3 Å². The van der Waals surface area contributed by atoms with Crippen molar-refractivity contribution >= 4 is 17.4 Å². The van der Waals surface area contributed by atoms with Crippen molar-refractivity contribution in [2.24, 2.45) is 0 Å². The van der Waals surface area contributed by atoms with Crippen molar-refractivity contribution in [1.29, 1.82) is 0 Å². The normalized spacial score (nSPS) is 10.1. The zero-order chi connectivity index (χ0) is 13.0. The van der Waals surface area contributed by atoms with Crippen molar-refractivity contribution in [3.05, 3.63) is 40.9 Å². The number of aryl methyl sites for hydroxylation is 1. The molecule has 0 aliphatic rings. The third-order valence-electron chi connectivity index (χ3n) is 2.42. The summed E-state index contributed by atoms with van der Waals surface area (Å²) in [5.41, 5.74) is 3.11. The first-order valence-electron chi connectivity index (χ1n) is 5.52. The summed E-state index contributed by atoms with van der Waals surface area (Å²) in [7, 11) is 1.35. The number of carbonyl (C=O) groups is 1. The zero-order valence-corrected chi connectivity index (χ0v) is 11.1. The van der Waals surface area contributed by atoms with Crippen LogP contribution in [0.5, 0.6) is 0 Å². The van der Waals surface area contributed by atoms with Gasteiger partial charge < -0.3 is 10.1 Å². The topological polar surface area (TPSA) is 51.2 Å². The molecule has 5 heteroatoms. The Morgan fingerprint density at radius 2 is 2.33 bits per heavy atom. The van der Waals surface area contributed by atoms with Crippen LogP contribution in [-0.4, -0.2) is 18.2 Å². The molecule has 1 N–H and O–H groups in total. The van der Waals surface area contributed by atoms with Crippen LogP contribution < -0.4 is 5.32 Å². The van der Waals surface area contributed by atoms with Gasteiger partial charge in [-0.1, -0.05) is 18.2 Å². The number of nitrogens with one attached hydrogen (secondary N) is 1. The number of amides is 1. The number of benzene rings is 1. The molecule has 2 aromatic rings. The molecule has 2 rings (SSSR count). The van der Waals surface area contributed by atoms with E-state index in [0.717, 1.165) is 21.8 Å². The lowest BCUT2D eigenvalue weighted by Gasteiger charge is -2.05. The summed E-state index contributed by atoms with van der Waals surface area (Å²) in [5, 5.41) is 5.67. The number of aromatic nitrogens is 1. The van der Waals surface area contributed by atoms with Crippen molar-refractivity contribution in [2.75, 3.05) is 7.11 Å². The van der Waals surface area contributed by atoms with E-state index in [-0.39, 0.29) is 0 Å². The van der Waals surface area contributed by atoms with Crippen LogP contribution in [0.2, 0.25) is 0 Å². The fraction of sp³-hybridized carbons (Fsp3) is 0.231. The number of hydrogen-bond donors (Lipinski definition) is 1. The van der Waals surface area contributed by atoms with Gasteiger partial charge in [-0.25, -0.2) is 9.78 Å². The van der Waals surface area contributed by atoms with E-state index in [1.165, 1.54) is 7.11 Å². The molecule has 94 valence electrons. The minimum absolute atomic E-state index is 0.425. The minimum Gasteiger partial charge on any atom is -0.453 e. The van der Waals surface area contributed by atoms with Gasteiger partial charge in [0.15, 0.2) is 0 Å². The Morgan fingerprint density at radius 3 is 3.00 bits per heavy atom. The summed E-state index contributed by atoms with van der Waals surface area (Å²) < 4.78 is 4.53. The number of carbonyl (C=O) groups excluding carboxylic acids is 1. The van der Waals surface area contributed by atoms with Gasteiger partial charge in [-0.2, -0.15) is 0 Å². The van der Waals surface area contributed by atoms with Crippen LogP contribution >= 0.6 is 11.3 Å². The molecule has 0 atom stereocenters. The number of alkyl carbamates (subject to hydrolysis) is 1. The molecular formula is C13H14N2O2S. The second-order valence-corrected chi connectivity index (χ2v) is 4.70. The average molecular weight is 262 g/mol. The van der Waals surface area contributed by atoms with Crippen LogP contribution in [0.25, 0.3) is 10.6 Å². The Hall–Kier alpha value is -1.88. The SMILES string of the molecule is COC(=O)NCc1cccc(-c2nc(C)cs2)c1. The van der Waals surface area contributed by atoms with Crippen molar-refractivity contribution in [1.82, 2.24) is 10.3 Å². The number of nitrogens with zero attached hydrogens (tertiary/aromatic N) is 1. The van der Waals surface area contributed by atoms with E-state index in [9.17, 15) is 4.79 Å². The number of thiazole rings is 1. The lowest BCUT2D eigenvalue weighted by molar-refractivity contribution is 0.170. The number of ether oxygens (including phenoxy) is 1. The van der Waals surface area contributed by atoms with Crippen LogP contribution in [0.4, 0.5) is 4.79 Å². The zero-order valence-electron chi connectivity index (χ0n) is 10.3. The van der Waals surface area contributed by atoms with Gasteiger partial charge in [0.2, 0.25) is 0 Å². The maximum atomic E-state index is 11.0. The Morgan fingerprint density at radius 1 is 1.50 bits per heavy atom. The highest BCUT2D eigenvalue weighted by Gasteiger charge is 2.04. The molecule has 0 spiro atoms. The second-order valence-electron chi connectivity index (χ2n) is 3.84. The van der Waals surface area contributed by atoms with E-state index >= 15 is 0 Å². The van der Waals surface area contributed by atoms with Gasteiger partial charge in [-0.05, 0) is 18.6 Å². The molecular weight excluding hydrogens is 248 g/mol. The molecule has 0 bridgehead atoms. The maximum absolute atomic E-state index is 11.0. The summed E-state index contributed by atoms with van der Waals surface area (Å²) in [6.07, 6.45) is -0.425. The Balaban J connectivity index is 2.12. The highest BCUT2D eigenvalue weighted by Crippen LogP contribution is 2.24. The largest absolute Gasteiger partial charge is 0.453 e. The molecule has 1 aromatic carbocycles. The Labute approximate surface area is 110 Å². The van der Waals surface area contributed by atoms with Crippen LogP contribution in [-0.2, 0) is 11.3 Å². The van der Waals surface area contributed by atoms with Crippen molar-refractivity contribution in [2.45, 2.75) is 13.5 Å². The van der Waals surface area contributed by atoms with E-state index in [0.29, 0.717) is 6.54 Å². The molecule has 0 aliphatic heterocycles. The molecule has 0 aliphatic carbocycles. The summed E-state index contributed by atoms with van der Waals surface area (Å²) in [6.45, 7) is 2.42. The Bertz CT molecular complexity index is 551. The van der Waals surface area contributed by atoms with E-state index in [4.69, 9.17) is 0 Å². The molecule has 0 saturated heterocycles. The standard InChI is InChI=1S/C13H14N2O2S/c1-9-8-18-12(15-9)11-5-3-4-10(6-11)7-14-13(16)17-2/h3-6,8H,7H2,1-2H3,(H,14,16). The minimum atomic E-state index is -0.425. The maximum Gasteiger partial charge on any atom is 0.407 e. The fourth-order valence-electron chi connectivity index (χ4n) is 1.55. The summed E-state index contributed by atoms with van der Waals surface area (Å²) in [6, 6.07) is 7.95. The van der Waals surface area contributed by atoms with Gasteiger partial charge in [0, 0.05) is 23.2 Å². The van der Waals surface area contributed by atoms with Crippen LogP contribution in [0.3, 0.4) is 0 Å². The van der Waals surface area contributed by atoms with Gasteiger partial charge >= 0.3 is 6.09 Å². The quantitative estimate of drug-likeness (QED) is 0.925. The van der Waals surface area contributed by atoms with Gasteiger partial charge in [0.05, 0.1) is 7.11 Å². The molecule has 18 heavy (non-hydrogen) atoms. The highest BCUT2D eigenvalue weighted by molar-refractivity contribution is 7.13. The van der Waals surface area contributed by atoms with Crippen LogP contribution in [0.15, 0.2) is 29.6 Å². The van der Waals surface area contributed by atoms with Crippen LogP contribution in [0.1, 0.15) is 11.3 Å². The smallest absolute Gasteiger partial charge is 0.407 e. The van der Waals surface area contributed by atoms with Crippen molar-refractivity contribution in [3.63, 3.8) is 0 Å². The summed E-state index contributed by atoms with van der Waals surface area (Å²) in [4.78, 5) is 15.4. The number of rotatable bonds is 3. The molecule has 0 unspecified atom stereocenters. The lowest BCUT2D eigenvalue weighted by Crippen LogP contribution is -2.22. The second kappa shape index (κ2) is 5.64. The Kier molecular flexibility index (Phi) is 3.94. The highest BCUT2D eigenvalue weighted by atomic mass is 32.1. The first-order valence-corrected chi connectivity index (χ1v) is 6.40. The average Bonchev–Trinajstić information content (AvgIpc) is 2.83. The molecule has 0 fully saturated rings. The molecule has 0 radical (unpaired) electrons. The fourth-order valence-corrected chi connectivity index (χ4v) is 2.34. The first-order chi connectivity index (χ1) is 8.69. The third-order valence-corrected chi connectivity index (χ3v) is 3.42. The molecule has 1 heterocycles. The molecule has 1 amide bonds. The van der Waals surface area contributed by atoms with Gasteiger partial charge in [0.1, 0.15) is 5.01 Å². The first kappa shape index (κ1) is 12.6. The van der Waals surface area contributed by atoms with Crippen LogP contribution in [0, 0.1) is 6.92 Å². The van der Waals surface area contributed by atoms with E-state index < -0.39 is 6.09 Å². The summed E-state index contributed by atoms with van der Waals surface area (Å²) in [5.74, 6) is 0. The number of methoxy groups -OCH3 is 1. The van der Waals surface area contributed by atoms with Crippen molar-refractivity contribution < 1.29 is 9.53 Å². The lowest BCUT2D eigenvalue weighted by atomic mass is 10.1. The van der Waals surface area contributed by atoms with E-state index in [1.54, 1.807) is 11.3 Å². The number of hydrogen-bond acceptors (Lipinski definition) is 4. The predicted octanol–water partition coefficient (Wildman–Crippen LogP) is 2.97. The monoisotopic (exact) mass is 262 g/mol. The van der Waals surface area contributed by atoms with Gasteiger partial charge in [-0.3, -0.25) is 0 Å².